The van der Waals surface area contributed by atoms with Crippen LogP contribution in [0.1, 0.15) is 22.8 Å². The Labute approximate surface area is 177 Å². The molecule has 8 heteroatoms. The average molecular weight is 420 g/mol. The molecule has 0 saturated carbocycles. The lowest BCUT2D eigenvalue weighted by Gasteiger charge is -2.17. The van der Waals surface area contributed by atoms with E-state index in [0.717, 1.165) is 15.8 Å². The number of hydrogen-bond acceptors (Lipinski definition) is 6. The first kappa shape index (κ1) is 19.8. The van der Waals surface area contributed by atoms with Crippen molar-refractivity contribution in [3.63, 3.8) is 0 Å². The van der Waals surface area contributed by atoms with E-state index in [1.54, 1.807) is 23.0 Å². The fourth-order valence-electron chi connectivity index (χ4n) is 3.01. The molecule has 0 fully saturated rings. The molecule has 7 nitrogen and oxygen atoms in total. The summed E-state index contributed by atoms with van der Waals surface area (Å²) in [6.07, 6.45) is 3.59. The van der Waals surface area contributed by atoms with Gasteiger partial charge in [0.15, 0.2) is 11.7 Å². The van der Waals surface area contributed by atoms with Crippen molar-refractivity contribution in [2.75, 3.05) is 18.1 Å². The van der Waals surface area contributed by atoms with Crippen LogP contribution < -0.4 is 4.90 Å². The molecule has 0 N–H and O–H groups in total. The number of para-hydroxylation sites is 1. The Balaban J connectivity index is 1.36. The monoisotopic (exact) mass is 420 g/mol. The average Bonchev–Trinajstić information content (AvgIpc) is 3.42. The quantitative estimate of drug-likeness (QED) is 0.426. The Hall–Kier alpha value is -3.52. The molecule has 4 aromatic rings. The molecule has 0 spiro atoms. The molecule has 2 heterocycles. The lowest BCUT2D eigenvalue weighted by molar-refractivity contribution is -0.121. The number of carbonyl (C=O) groups is 2. The SMILES string of the molecule is CCN(C(=O)COC(=O)c1ccc(Cn2cccn2)cc1)c1nc2ccccc2s1. The van der Waals surface area contributed by atoms with E-state index in [9.17, 15) is 9.59 Å². The third kappa shape index (κ3) is 4.38. The molecule has 2 aromatic heterocycles. The van der Waals surface area contributed by atoms with E-state index in [0.29, 0.717) is 23.8 Å². The minimum Gasteiger partial charge on any atom is -0.452 e. The van der Waals surface area contributed by atoms with Crippen LogP contribution in [0.2, 0.25) is 0 Å². The van der Waals surface area contributed by atoms with Gasteiger partial charge in [-0.25, -0.2) is 9.78 Å². The van der Waals surface area contributed by atoms with Crippen molar-refractivity contribution in [3.05, 3.63) is 78.1 Å². The molecule has 0 aliphatic carbocycles. The highest BCUT2D eigenvalue weighted by Gasteiger charge is 2.20. The first-order chi connectivity index (χ1) is 14.6. The number of hydrogen-bond donors (Lipinski definition) is 0. The summed E-state index contributed by atoms with van der Waals surface area (Å²) in [6.45, 7) is 2.59. The second kappa shape index (κ2) is 8.87. The summed E-state index contributed by atoms with van der Waals surface area (Å²) in [4.78, 5) is 31.0. The van der Waals surface area contributed by atoms with Crippen molar-refractivity contribution in [1.29, 1.82) is 0 Å². The molecule has 0 aliphatic heterocycles. The molecule has 30 heavy (non-hydrogen) atoms. The molecule has 0 saturated heterocycles. The molecule has 0 radical (unpaired) electrons. The summed E-state index contributed by atoms with van der Waals surface area (Å²) in [6, 6.07) is 16.6. The lowest BCUT2D eigenvalue weighted by Crippen LogP contribution is -2.34. The largest absolute Gasteiger partial charge is 0.452 e. The molecule has 0 bridgehead atoms. The minimum absolute atomic E-state index is 0.305. The number of anilines is 1. The van der Waals surface area contributed by atoms with Gasteiger partial charge in [0.2, 0.25) is 0 Å². The van der Waals surface area contributed by atoms with Crippen molar-refractivity contribution in [3.8, 4) is 0 Å². The van der Waals surface area contributed by atoms with Crippen molar-refractivity contribution < 1.29 is 14.3 Å². The zero-order chi connectivity index (χ0) is 20.9. The van der Waals surface area contributed by atoms with Gasteiger partial charge in [0.1, 0.15) is 0 Å². The van der Waals surface area contributed by atoms with E-state index in [4.69, 9.17) is 4.74 Å². The van der Waals surface area contributed by atoms with Crippen LogP contribution in [0.15, 0.2) is 67.0 Å². The molecule has 4 rings (SSSR count). The fourth-order valence-corrected chi connectivity index (χ4v) is 4.06. The fraction of sp³-hybridized carbons (Fsp3) is 0.182. The van der Waals surface area contributed by atoms with Crippen LogP contribution in [-0.4, -0.2) is 39.8 Å². The van der Waals surface area contributed by atoms with Crippen molar-refractivity contribution in [2.24, 2.45) is 0 Å². The molecule has 1 amide bonds. The maximum atomic E-state index is 12.6. The highest BCUT2D eigenvalue weighted by Crippen LogP contribution is 2.28. The van der Waals surface area contributed by atoms with Crippen LogP contribution >= 0.6 is 11.3 Å². The van der Waals surface area contributed by atoms with Gasteiger partial charge in [0.05, 0.1) is 22.3 Å². The number of aromatic nitrogens is 3. The second-order valence-corrected chi connectivity index (χ2v) is 7.59. The number of carbonyl (C=O) groups excluding carboxylic acids is 2. The zero-order valence-electron chi connectivity index (χ0n) is 16.4. The Bertz CT molecular complexity index is 1120. The van der Waals surface area contributed by atoms with E-state index in [1.165, 1.54) is 16.2 Å². The first-order valence-corrected chi connectivity index (χ1v) is 10.3. The summed E-state index contributed by atoms with van der Waals surface area (Å²) >= 11 is 1.44. The predicted molar refractivity (Wildman–Crippen MR) is 116 cm³/mol. The lowest BCUT2D eigenvalue weighted by atomic mass is 10.1. The van der Waals surface area contributed by atoms with Gasteiger partial charge < -0.3 is 4.74 Å². The maximum absolute atomic E-state index is 12.6. The van der Waals surface area contributed by atoms with E-state index < -0.39 is 5.97 Å². The summed E-state index contributed by atoms with van der Waals surface area (Å²) < 4.78 is 8.05. The van der Waals surface area contributed by atoms with Gasteiger partial charge in [-0.2, -0.15) is 5.10 Å². The summed E-state index contributed by atoms with van der Waals surface area (Å²) in [5.74, 6) is -0.838. The Morgan fingerprint density at radius 3 is 2.60 bits per heavy atom. The number of amides is 1. The standard InChI is InChI=1S/C22H20N4O3S/c1-2-26(22-24-18-6-3-4-7-19(18)30-22)20(27)15-29-21(28)17-10-8-16(9-11-17)14-25-13-5-12-23-25/h3-13H,2,14-15H2,1H3. The predicted octanol–water partition coefficient (Wildman–Crippen LogP) is 3.75. The smallest absolute Gasteiger partial charge is 0.338 e. The number of nitrogens with zero attached hydrogens (tertiary/aromatic N) is 4. The van der Waals surface area contributed by atoms with E-state index in [2.05, 4.69) is 10.1 Å². The number of esters is 1. The minimum atomic E-state index is -0.533. The highest BCUT2D eigenvalue weighted by atomic mass is 32.1. The Morgan fingerprint density at radius 2 is 1.90 bits per heavy atom. The molecule has 152 valence electrons. The number of thiazole rings is 1. The second-order valence-electron chi connectivity index (χ2n) is 6.58. The molecule has 0 unspecified atom stereocenters. The maximum Gasteiger partial charge on any atom is 0.338 e. The van der Waals surface area contributed by atoms with Crippen LogP contribution in [0.4, 0.5) is 5.13 Å². The van der Waals surface area contributed by atoms with Gasteiger partial charge in [-0.1, -0.05) is 35.6 Å². The van der Waals surface area contributed by atoms with Crippen molar-refractivity contribution >= 4 is 38.6 Å². The number of fused-ring (bicyclic) bond motifs is 1. The molecule has 0 aliphatic rings. The summed E-state index contributed by atoms with van der Waals surface area (Å²) in [5, 5.41) is 4.76. The van der Waals surface area contributed by atoms with Gasteiger partial charge in [-0.15, -0.1) is 0 Å². The number of likely N-dealkylation sites (N-methyl/N-ethyl adjacent to an activating group) is 1. The topological polar surface area (TPSA) is 77.3 Å². The summed E-state index contributed by atoms with van der Waals surface area (Å²) in [7, 11) is 0. The molecular formula is C22H20N4O3S. The Morgan fingerprint density at radius 1 is 1.10 bits per heavy atom. The molecule has 0 atom stereocenters. The number of benzene rings is 2. The van der Waals surface area contributed by atoms with Crippen LogP contribution in [-0.2, 0) is 16.1 Å². The van der Waals surface area contributed by atoms with Crippen LogP contribution in [0.3, 0.4) is 0 Å². The van der Waals surface area contributed by atoms with E-state index >= 15 is 0 Å². The third-order valence-electron chi connectivity index (χ3n) is 4.55. The van der Waals surface area contributed by atoms with Crippen LogP contribution in [0.5, 0.6) is 0 Å². The first-order valence-electron chi connectivity index (χ1n) is 9.53. The zero-order valence-corrected chi connectivity index (χ0v) is 17.2. The van der Waals surface area contributed by atoms with Gasteiger partial charge in [-0.05, 0) is 42.8 Å². The number of rotatable bonds is 7. The van der Waals surface area contributed by atoms with Gasteiger partial charge in [0, 0.05) is 18.9 Å². The third-order valence-corrected chi connectivity index (χ3v) is 5.61. The van der Waals surface area contributed by atoms with Gasteiger partial charge >= 0.3 is 5.97 Å². The van der Waals surface area contributed by atoms with Crippen LogP contribution in [0.25, 0.3) is 10.2 Å². The van der Waals surface area contributed by atoms with Crippen molar-refractivity contribution in [2.45, 2.75) is 13.5 Å². The molecular weight excluding hydrogens is 400 g/mol. The van der Waals surface area contributed by atoms with Gasteiger partial charge in [-0.3, -0.25) is 14.4 Å². The van der Waals surface area contributed by atoms with Crippen molar-refractivity contribution in [1.82, 2.24) is 14.8 Å². The molecule has 2 aromatic carbocycles. The summed E-state index contributed by atoms with van der Waals surface area (Å²) in [5.41, 5.74) is 2.25. The normalized spacial score (nSPS) is 10.8. The van der Waals surface area contributed by atoms with E-state index in [-0.39, 0.29) is 12.5 Å². The van der Waals surface area contributed by atoms with Gasteiger partial charge in [0.25, 0.3) is 5.91 Å². The highest BCUT2D eigenvalue weighted by molar-refractivity contribution is 7.22. The number of ether oxygens (including phenoxy) is 1. The van der Waals surface area contributed by atoms with E-state index in [1.807, 2.05) is 55.6 Å². The van der Waals surface area contributed by atoms with Crippen LogP contribution in [0, 0.1) is 0 Å². The Kier molecular flexibility index (Phi) is 5.85.